The van der Waals surface area contributed by atoms with E-state index in [1.54, 1.807) is 0 Å². The highest BCUT2D eigenvalue weighted by Crippen LogP contribution is 2.49. The Hall–Kier alpha value is -2.39. The predicted octanol–water partition coefficient (Wildman–Crippen LogP) is 5.73. The van der Waals surface area contributed by atoms with Gasteiger partial charge in [0.1, 0.15) is 0 Å². The van der Waals surface area contributed by atoms with Crippen LogP contribution in [0.15, 0.2) is 60.7 Å². The summed E-state index contributed by atoms with van der Waals surface area (Å²) < 4.78 is 0. The van der Waals surface area contributed by atoms with Crippen LogP contribution in [-0.2, 0) is 10.2 Å². The van der Waals surface area contributed by atoms with Gasteiger partial charge in [0.05, 0.1) is 6.04 Å². The Labute approximate surface area is 192 Å². The Morgan fingerprint density at radius 3 is 2.62 bits per heavy atom. The second-order valence-electron chi connectivity index (χ2n) is 10.7. The molecule has 2 fully saturated rings. The van der Waals surface area contributed by atoms with E-state index < -0.39 is 0 Å². The van der Waals surface area contributed by atoms with E-state index in [0.29, 0.717) is 12.0 Å². The van der Waals surface area contributed by atoms with Crippen molar-refractivity contribution in [2.24, 2.45) is 11.3 Å². The first-order valence-electron chi connectivity index (χ1n) is 12.3. The Kier molecular flexibility index (Phi) is 5.49. The molecule has 3 nitrogen and oxygen atoms in total. The molecule has 168 valence electrons. The fraction of sp³-hybridized carbons (Fsp3) is 0.483. The van der Waals surface area contributed by atoms with Gasteiger partial charge in [0.15, 0.2) is 0 Å². The maximum Gasteiger partial charge on any atom is 0.226 e. The Balaban J connectivity index is 1.23. The number of hydrogen-bond acceptors (Lipinski definition) is 2. The van der Waals surface area contributed by atoms with Crippen molar-refractivity contribution in [1.29, 1.82) is 0 Å². The standard InChI is InChI=1S/C29H36N2O/c1-21-20-31(18-17-29(21)16-13-24-11-7-8-12-26(24)29)25-14-15-28(3,19-25)27(32)30-22(2)23-9-5-4-6-10-23/h4-13,16,21-22,25H,14-15,17-20H2,1-3H3,(H,30,32)/t21-,22+,25?,28?,29-/m0/s1. The lowest BCUT2D eigenvalue weighted by molar-refractivity contribution is -0.130. The zero-order chi connectivity index (χ0) is 22.3. The van der Waals surface area contributed by atoms with E-state index in [0.717, 1.165) is 32.4 Å². The van der Waals surface area contributed by atoms with Crippen LogP contribution in [0.25, 0.3) is 6.08 Å². The molecule has 3 aliphatic rings. The topological polar surface area (TPSA) is 32.3 Å². The molecular weight excluding hydrogens is 392 g/mol. The lowest BCUT2D eigenvalue weighted by Crippen LogP contribution is -2.50. The van der Waals surface area contributed by atoms with Gasteiger partial charge in [-0.05, 0) is 61.8 Å². The summed E-state index contributed by atoms with van der Waals surface area (Å²) in [6.45, 7) is 8.90. The van der Waals surface area contributed by atoms with Crippen LogP contribution in [0.3, 0.4) is 0 Å². The van der Waals surface area contributed by atoms with Crippen molar-refractivity contribution in [2.45, 2.75) is 64.0 Å². The molecule has 2 aromatic rings. The summed E-state index contributed by atoms with van der Waals surface area (Å²) in [4.78, 5) is 15.9. The minimum Gasteiger partial charge on any atom is -0.349 e. The number of benzene rings is 2. The number of carbonyl (C=O) groups excluding carboxylic acids is 1. The summed E-state index contributed by atoms with van der Waals surface area (Å²) in [6, 6.07) is 19.7. The highest BCUT2D eigenvalue weighted by atomic mass is 16.2. The van der Waals surface area contributed by atoms with Crippen molar-refractivity contribution in [3.63, 3.8) is 0 Å². The molecule has 5 rings (SSSR count). The third-order valence-electron chi connectivity index (χ3n) is 8.65. The van der Waals surface area contributed by atoms with Crippen molar-refractivity contribution < 1.29 is 4.79 Å². The summed E-state index contributed by atoms with van der Waals surface area (Å²) in [7, 11) is 0. The number of hydrogen-bond donors (Lipinski definition) is 1. The normalized spacial score (nSPS) is 32.7. The van der Waals surface area contributed by atoms with E-state index in [1.807, 2.05) is 18.2 Å². The van der Waals surface area contributed by atoms with Crippen LogP contribution >= 0.6 is 0 Å². The van der Waals surface area contributed by atoms with E-state index in [2.05, 4.69) is 79.5 Å². The van der Waals surface area contributed by atoms with E-state index in [-0.39, 0.29) is 22.8 Å². The molecule has 0 aromatic heterocycles. The van der Waals surface area contributed by atoms with E-state index in [1.165, 1.54) is 23.1 Å². The van der Waals surface area contributed by atoms with Gasteiger partial charge in [0.2, 0.25) is 5.91 Å². The smallest absolute Gasteiger partial charge is 0.226 e. The number of likely N-dealkylation sites (tertiary alicyclic amines) is 1. The number of nitrogens with zero attached hydrogens (tertiary/aromatic N) is 1. The first-order valence-corrected chi connectivity index (χ1v) is 12.3. The van der Waals surface area contributed by atoms with Crippen LogP contribution in [-0.4, -0.2) is 29.9 Å². The fourth-order valence-electron chi connectivity index (χ4n) is 6.48. The number of nitrogens with one attached hydrogen (secondary N) is 1. The molecule has 2 unspecified atom stereocenters. The van der Waals surface area contributed by atoms with Gasteiger partial charge in [0, 0.05) is 23.4 Å². The predicted molar refractivity (Wildman–Crippen MR) is 131 cm³/mol. The molecule has 1 saturated carbocycles. The van der Waals surface area contributed by atoms with E-state index in [9.17, 15) is 4.79 Å². The summed E-state index contributed by atoms with van der Waals surface area (Å²) >= 11 is 0. The van der Waals surface area contributed by atoms with Crippen molar-refractivity contribution >= 4 is 12.0 Å². The van der Waals surface area contributed by atoms with Crippen LogP contribution in [0.5, 0.6) is 0 Å². The molecule has 1 saturated heterocycles. The summed E-state index contributed by atoms with van der Waals surface area (Å²) in [5, 5.41) is 3.29. The molecule has 0 bridgehead atoms. The number of piperidine rings is 1. The molecular formula is C29H36N2O. The number of rotatable bonds is 4. The molecule has 2 aliphatic carbocycles. The Morgan fingerprint density at radius 1 is 1.09 bits per heavy atom. The third-order valence-corrected chi connectivity index (χ3v) is 8.65. The Morgan fingerprint density at radius 2 is 1.84 bits per heavy atom. The van der Waals surface area contributed by atoms with E-state index >= 15 is 0 Å². The number of amides is 1. The minimum atomic E-state index is -0.272. The SMILES string of the molecule is C[C@@H](NC(=O)C1(C)CCC(N2CC[C@@]3(C=Cc4ccccc43)[C@@H](C)C2)C1)c1ccccc1. The van der Waals surface area contributed by atoms with Gasteiger partial charge in [-0.2, -0.15) is 0 Å². The molecule has 2 aromatic carbocycles. The molecule has 1 spiro atoms. The van der Waals surface area contributed by atoms with Gasteiger partial charge in [0.25, 0.3) is 0 Å². The molecule has 32 heavy (non-hydrogen) atoms. The third kappa shape index (κ3) is 3.61. The minimum absolute atomic E-state index is 0.0451. The van der Waals surface area contributed by atoms with Gasteiger partial charge < -0.3 is 5.32 Å². The highest BCUT2D eigenvalue weighted by molar-refractivity contribution is 5.83. The van der Waals surface area contributed by atoms with Crippen LogP contribution in [0.2, 0.25) is 0 Å². The zero-order valence-electron chi connectivity index (χ0n) is 19.7. The van der Waals surface area contributed by atoms with Crippen molar-refractivity contribution in [1.82, 2.24) is 10.2 Å². The molecule has 1 heterocycles. The van der Waals surface area contributed by atoms with Crippen molar-refractivity contribution in [3.05, 3.63) is 77.4 Å². The second-order valence-corrected chi connectivity index (χ2v) is 10.7. The number of fused-ring (bicyclic) bond motifs is 2. The van der Waals surface area contributed by atoms with Crippen LogP contribution in [0.4, 0.5) is 0 Å². The molecule has 3 heteroatoms. The van der Waals surface area contributed by atoms with Crippen LogP contribution in [0, 0.1) is 11.3 Å². The van der Waals surface area contributed by atoms with Gasteiger partial charge in [-0.15, -0.1) is 0 Å². The zero-order valence-corrected chi connectivity index (χ0v) is 19.7. The first kappa shape index (κ1) is 21.5. The van der Waals surface area contributed by atoms with Gasteiger partial charge in [-0.1, -0.05) is 80.6 Å². The molecule has 1 N–H and O–H groups in total. The number of carbonyl (C=O) groups is 1. The van der Waals surface area contributed by atoms with Gasteiger partial charge in [-0.25, -0.2) is 0 Å². The first-order chi connectivity index (χ1) is 15.4. The fourth-order valence-corrected chi connectivity index (χ4v) is 6.48. The second kappa shape index (κ2) is 8.19. The monoisotopic (exact) mass is 428 g/mol. The molecule has 0 radical (unpaired) electrons. The van der Waals surface area contributed by atoms with Crippen LogP contribution < -0.4 is 5.32 Å². The average Bonchev–Trinajstić information content (AvgIpc) is 3.39. The largest absolute Gasteiger partial charge is 0.349 e. The van der Waals surface area contributed by atoms with Gasteiger partial charge in [-0.3, -0.25) is 9.69 Å². The average molecular weight is 429 g/mol. The van der Waals surface area contributed by atoms with Crippen molar-refractivity contribution in [2.75, 3.05) is 13.1 Å². The quantitative estimate of drug-likeness (QED) is 0.674. The summed E-state index contributed by atoms with van der Waals surface area (Å²) in [5.41, 5.74) is 3.99. The lowest BCUT2D eigenvalue weighted by Gasteiger charge is -2.46. The van der Waals surface area contributed by atoms with Crippen molar-refractivity contribution in [3.8, 4) is 0 Å². The van der Waals surface area contributed by atoms with Crippen LogP contribution in [0.1, 0.15) is 69.2 Å². The number of allylic oxidation sites excluding steroid dienone is 1. The van der Waals surface area contributed by atoms with E-state index in [4.69, 9.17) is 0 Å². The molecule has 5 atom stereocenters. The van der Waals surface area contributed by atoms with Gasteiger partial charge >= 0.3 is 0 Å². The summed E-state index contributed by atoms with van der Waals surface area (Å²) in [6.07, 6.45) is 9.03. The summed E-state index contributed by atoms with van der Waals surface area (Å²) in [5.74, 6) is 0.792. The highest BCUT2D eigenvalue weighted by Gasteiger charge is 2.48. The maximum atomic E-state index is 13.2. The molecule has 1 amide bonds. The maximum absolute atomic E-state index is 13.2. The molecule has 1 aliphatic heterocycles. The lowest BCUT2D eigenvalue weighted by atomic mass is 9.68. The Bertz CT molecular complexity index is 1010.